The van der Waals surface area contributed by atoms with E-state index in [-0.39, 0.29) is 17.2 Å². The molecule has 7 nitrogen and oxygen atoms in total. The van der Waals surface area contributed by atoms with Crippen LogP contribution in [0.5, 0.6) is 0 Å². The second-order valence-corrected chi connectivity index (χ2v) is 9.35. The average Bonchev–Trinajstić information content (AvgIpc) is 3.19. The number of carbonyl (C=O) groups excluding carboxylic acids is 2. The van der Waals surface area contributed by atoms with E-state index in [1.54, 1.807) is 16.7 Å². The molecule has 2 aromatic rings. The number of pyridine rings is 1. The summed E-state index contributed by atoms with van der Waals surface area (Å²) in [6, 6.07) is 5.41. The van der Waals surface area contributed by atoms with Crippen molar-refractivity contribution in [2.45, 2.75) is 38.5 Å². The highest BCUT2D eigenvalue weighted by molar-refractivity contribution is 5.95. The minimum Gasteiger partial charge on any atom is -0.351 e. The number of fused-ring (bicyclic) bond motifs is 3. The molecule has 1 saturated carbocycles. The average molecular weight is 424 g/mol. The smallest absolute Gasteiger partial charge is 0.271 e. The van der Waals surface area contributed by atoms with Gasteiger partial charge in [-0.25, -0.2) is 4.98 Å². The van der Waals surface area contributed by atoms with Crippen LogP contribution in [-0.2, 0) is 0 Å². The Hall–Kier alpha value is -2.67. The van der Waals surface area contributed by atoms with Crippen molar-refractivity contribution in [2.75, 3.05) is 33.7 Å². The number of nitrogens with zero attached hydrogens (tertiary/aromatic N) is 3. The fraction of sp³-hybridized carbons (Fsp3) is 0.542. The molecule has 4 rings (SSSR count). The van der Waals surface area contributed by atoms with Crippen LogP contribution in [0, 0.1) is 11.3 Å². The second kappa shape index (κ2) is 9.22. The van der Waals surface area contributed by atoms with E-state index in [0.29, 0.717) is 36.0 Å². The molecule has 0 aromatic carbocycles. The van der Waals surface area contributed by atoms with E-state index in [9.17, 15) is 9.59 Å². The molecule has 2 aliphatic carbocycles. The summed E-state index contributed by atoms with van der Waals surface area (Å²) in [6.07, 6.45) is 13.0. The highest BCUT2D eigenvalue weighted by Gasteiger charge is 2.37. The minimum absolute atomic E-state index is 0.119. The summed E-state index contributed by atoms with van der Waals surface area (Å²) in [7, 11) is 4.02. The first-order chi connectivity index (χ1) is 15.0. The molecule has 2 aromatic heterocycles. The Bertz CT molecular complexity index is 980. The van der Waals surface area contributed by atoms with Gasteiger partial charge in [-0.3, -0.25) is 14.0 Å². The van der Waals surface area contributed by atoms with E-state index >= 15 is 0 Å². The third-order valence-corrected chi connectivity index (χ3v) is 6.59. The van der Waals surface area contributed by atoms with E-state index in [1.807, 2.05) is 26.2 Å². The van der Waals surface area contributed by atoms with Crippen molar-refractivity contribution in [1.29, 1.82) is 0 Å². The van der Waals surface area contributed by atoms with Crippen LogP contribution < -0.4 is 10.6 Å². The van der Waals surface area contributed by atoms with Crippen molar-refractivity contribution in [1.82, 2.24) is 24.9 Å². The maximum absolute atomic E-state index is 13.0. The molecule has 2 amide bonds. The number of aromatic nitrogens is 2. The van der Waals surface area contributed by atoms with Gasteiger partial charge in [0.1, 0.15) is 17.0 Å². The van der Waals surface area contributed by atoms with Gasteiger partial charge >= 0.3 is 0 Å². The van der Waals surface area contributed by atoms with Gasteiger partial charge in [0.15, 0.2) is 0 Å². The molecule has 2 atom stereocenters. The van der Waals surface area contributed by atoms with Gasteiger partial charge in [-0.05, 0) is 76.2 Å². The molecule has 166 valence electrons. The maximum Gasteiger partial charge on any atom is 0.271 e. The predicted molar refractivity (Wildman–Crippen MR) is 121 cm³/mol. The number of amides is 2. The molecule has 0 spiro atoms. The monoisotopic (exact) mass is 423 g/mol. The molecule has 31 heavy (non-hydrogen) atoms. The quantitative estimate of drug-likeness (QED) is 0.506. The Morgan fingerprint density at radius 1 is 1.26 bits per heavy atom. The van der Waals surface area contributed by atoms with Crippen LogP contribution >= 0.6 is 0 Å². The largest absolute Gasteiger partial charge is 0.351 e. The summed E-state index contributed by atoms with van der Waals surface area (Å²) in [5.41, 5.74) is 1.62. The number of imidazole rings is 1. The standard InChI is InChI=1S/C24H33N5O2/c1-28(2)14-6-13-25-22(30)19-16-29-20(9-3-10-21(29)27-19)23(31)26-17-24-11-4-7-18(15-24)8-5-12-24/h3-4,7,9-10,16,18H,5-6,8,11-15,17H2,1-2H3,(H,25,30)(H,26,31). The summed E-state index contributed by atoms with van der Waals surface area (Å²) in [5.74, 6) is 0.331. The Balaban J connectivity index is 1.42. The Morgan fingerprint density at radius 3 is 2.97 bits per heavy atom. The van der Waals surface area contributed by atoms with Crippen LogP contribution in [0.15, 0.2) is 36.5 Å². The van der Waals surface area contributed by atoms with Crippen molar-refractivity contribution in [3.63, 3.8) is 0 Å². The van der Waals surface area contributed by atoms with Gasteiger partial charge in [0.05, 0.1) is 0 Å². The molecular formula is C24H33N5O2. The van der Waals surface area contributed by atoms with Gasteiger partial charge in [0, 0.05) is 19.3 Å². The lowest BCUT2D eigenvalue weighted by Gasteiger charge is -2.42. The first kappa shape index (κ1) is 21.6. The lowest BCUT2D eigenvalue weighted by atomic mass is 9.65. The predicted octanol–water partition coefficient (Wildman–Crippen LogP) is 2.88. The van der Waals surface area contributed by atoms with Crippen molar-refractivity contribution >= 4 is 17.5 Å². The maximum atomic E-state index is 13.0. The summed E-state index contributed by atoms with van der Waals surface area (Å²) in [5, 5.41) is 6.08. The zero-order valence-electron chi connectivity index (χ0n) is 18.6. The van der Waals surface area contributed by atoms with Crippen LogP contribution in [0.3, 0.4) is 0 Å². The number of hydrogen-bond acceptors (Lipinski definition) is 4. The minimum atomic E-state index is -0.213. The van der Waals surface area contributed by atoms with Crippen LogP contribution in [-0.4, -0.2) is 59.8 Å². The van der Waals surface area contributed by atoms with Crippen LogP contribution in [0.1, 0.15) is 59.5 Å². The van der Waals surface area contributed by atoms with Gasteiger partial charge in [-0.1, -0.05) is 24.6 Å². The van der Waals surface area contributed by atoms with E-state index in [4.69, 9.17) is 0 Å². The summed E-state index contributed by atoms with van der Waals surface area (Å²) in [6.45, 7) is 2.19. The summed E-state index contributed by atoms with van der Waals surface area (Å²) >= 11 is 0. The molecular weight excluding hydrogens is 390 g/mol. The highest BCUT2D eigenvalue weighted by Crippen LogP contribution is 2.45. The number of allylic oxidation sites excluding steroid dienone is 2. The Morgan fingerprint density at radius 2 is 2.13 bits per heavy atom. The molecule has 0 radical (unpaired) electrons. The van der Waals surface area contributed by atoms with Gasteiger partial charge < -0.3 is 15.5 Å². The van der Waals surface area contributed by atoms with Gasteiger partial charge in [-0.15, -0.1) is 0 Å². The normalized spacial score (nSPS) is 22.6. The van der Waals surface area contributed by atoms with E-state index in [1.165, 1.54) is 19.3 Å². The van der Waals surface area contributed by atoms with Crippen molar-refractivity contribution < 1.29 is 9.59 Å². The molecule has 0 aliphatic heterocycles. The molecule has 0 saturated heterocycles. The van der Waals surface area contributed by atoms with E-state index < -0.39 is 0 Å². The van der Waals surface area contributed by atoms with Crippen molar-refractivity contribution in [3.05, 3.63) is 47.9 Å². The van der Waals surface area contributed by atoms with E-state index in [2.05, 4.69) is 32.7 Å². The third kappa shape index (κ3) is 4.98. The molecule has 2 N–H and O–H groups in total. The van der Waals surface area contributed by atoms with Gasteiger partial charge in [0.2, 0.25) is 0 Å². The SMILES string of the molecule is CN(C)CCCNC(=O)c1cn2c(C(=O)NCC34CC=CC(CCC3)C4)cccc2n1. The Kier molecular flexibility index (Phi) is 6.41. The zero-order valence-corrected chi connectivity index (χ0v) is 18.6. The molecule has 2 aliphatic rings. The van der Waals surface area contributed by atoms with Crippen LogP contribution in [0.25, 0.3) is 5.65 Å². The van der Waals surface area contributed by atoms with Gasteiger partial charge in [0.25, 0.3) is 11.8 Å². The fourth-order valence-electron chi connectivity index (χ4n) is 4.94. The first-order valence-corrected chi connectivity index (χ1v) is 11.3. The van der Waals surface area contributed by atoms with Crippen molar-refractivity contribution in [2.24, 2.45) is 11.3 Å². The van der Waals surface area contributed by atoms with Gasteiger partial charge in [-0.2, -0.15) is 0 Å². The molecule has 2 heterocycles. The number of nitrogens with one attached hydrogen (secondary N) is 2. The number of rotatable bonds is 8. The second-order valence-electron chi connectivity index (χ2n) is 9.35. The fourth-order valence-corrected chi connectivity index (χ4v) is 4.94. The highest BCUT2D eigenvalue weighted by atomic mass is 16.2. The topological polar surface area (TPSA) is 78.7 Å². The zero-order chi connectivity index (χ0) is 21.8. The Labute approximate surface area is 183 Å². The molecule has 2 bridgehead atoms. The summed E-state index contributed by atoms with van der Waals surface area (Å²) in [4.78, 5) is 32.0. The van der Waals surface area contributed by atoms with Crippen LogP contribution in [0.2, 0.25) is 0 Å². The van der Waals surface area contributed by atoms with Crippen molar-refractivity contribution in [3.8, 4) is 0 Å². The number of carbonyl (C=O) groups is 2. The summed E-state index contributed by atoms with van der Waals surface area (Å²) < 4.78 is 1.71. The molecule has 7 heteroatoms. The van der Waals surface area contributed by atoms with Crippen LogP contribution in [0.4, 0.5) is 0 Å². The first-order valence-electron chi connectivity index (χ1n) is 11.3. The lowest BCUT2D eigenvalue weighted by molar-refractivity contribution is 0.0879. The molecule has 1 fully saturated rings. The lowest BCUT2D eigenvalue weighted by Crippen LogP contribution is -2.42. The molecule has 2 unspecified atom stereocenters. The number of hydrogen-bond donors (Lipinski definition) is 2. The van der Waals surface area contributed by atoms with E-state index in [0.717, 1.165) is 25.8 Å². The third-order valence-electron chi connectivity index (χ3n) is 6.59.